The smallest absolute Gasteiger partial charge is 0.225 e. The summed E-state index contributed by atoms with van der Waals surface area (Å²) < 4.78 is 4.97. The van der Waals surface area contributed by atoms with Crippen LogP contribution in [0.2, 0.25) is 0 Å². The largest absolute Gasteiger partial charge is 0.295 e. The van der Waals surface area contributed by atoms with E-state index in [0.29, 0.717) is 11.8 Å². The first kappa shape index (κ1) is 26.9. The topological polar surface area (TPSA) is 8.81 Å². The number of aryl methyl sites for hydroxylation is 2. The average molecular weight is 516 g/mol. The maximum Gasteiger partial charge on any atom is 0.295 e. The lowest BCUT2D eigenvalue weighted by molar-refractivity contribution is -0.633. The lowest BCUT2D eigenvalue weighted by Crippen LogP contribution is -2.31. The van der Waals surface area contributed by atoms with E-state index in [1.165, 1.54) is 61.5 Å². The van der Waals surface area contributed by atoms with Gasteiger partial charge in [-0.05, 0) is 70.7 Å². The second-order valence-electron chi connectivity index (χ2n) is 12.7. The molecule has 1 heterocycles. The molecular weight excluding hydrogens is 472 g/mol. The molecule has 5 rings (SSSR count). The Bertz CT molecular complexity index is 1620. The molecular formula is C37H43N2+. The molecule has 1 aromatic heterocycles. The van der Waals surface area contributed by atoms with Gasteiger partial charge in [-0.25, -0.2) is 4.57 Å². The maximum absolute atomic E-state index is 2.57. The van der Waals surface area contributed by atoms with Crippen molar-refractivity contribution in [3.05, 3.63) is 107 Å². The van der Waals surface area contributed by atoms with E-state index in [1.807, 2.05) is 0 Å². The van der Waals surface area contributed by atoms with Crippen molar-refractivity contribution in [1.29, 1.82) is 0 Å². The summed E-state index contributed by atoms with van der Waals surface area (Å²) in [6.45, 7) is 18.4. The van der Waals surface area contributed by atoms with Gasteiger partial charge < -0.3 is 0 Å². The van der Waals surface area contributed by atoms with Gasteiger partial charge in [0, 0.05) is 11.1 Å². The fourth-order valence-electron chi connectivity index (χ4n) is 5.80. The van der Waals surface area contributed by atoms with Crippen molar-refractivity contribution in [3.8, 4) is 28.2 Å². The lowest BCUT2D eigenvalue weighted by atomic mass is 9.85. The van der Waals surface area contributed by atoms with Gasteiger partial charge in [0.15, 0.2) is 11.0 Å². The predicted octanol–water partition coefficient (Wildman–Crippen LogP) is 9.64. The number of fused-ring (bicyclic) bond motifs is 1. The first-order chi connectivity index (χ1) is 18.5. The van der Waals surface area contributed by atoms with Crippen LogP contribution in [0.1, 0.15) is 82.6 Å². The summed E-state index contributed by atoms with van der Waals surface area (Å²) in [6.07, 6.45) is 0. The fraction of sp³-hybridized carbons (Fsp3) is 0.324. The van der Waals surface area contributed by atoms with Crippen molar-refractivity contribution in [1.82, 2.24) is 4.57 Å². The zero-order valence-electron chi connectivity index (χ0n) is 25.1. The molecule has 2 nitrogen and oxygen atoms in total. The predicted molar refractivity (Wildman–Crippen MR) is 167 cm³/mol. The fourth-order valence-corrected chi connectivity index (χ4v) is 5.80. The minimum absolute atomic E-state index is 0.0667. The molecule has 5 aromatic rings. The Hall–Kier alpha value is -3.65. The molecule has 0 N–H and O–H groups in total. The third-order valence-corrected chi connectivity index (χ3v) is 8.12. The molecule has 0 unspecified atom stereocenters. The van der Waals surface area contributed by atoms with Crippen LogP contribution in [0.15, 0.2) is 84.9 Å². The molecule has 0 spiro atoms. The van der Waals surface area contributed by atoms with Gasteiger partial charge in [0.25, 0.3) is 5.82 Å². The standard InChI is InChI=1S/C37H43N2/c1-24(2)30-16-13-17-31(25(3)4)35(30)39-34-22-28(27-14-11-10-12-15-27)19-21-33(34)38(9)36(39)32-23-29(37(6,7)8)20-18-26(32)5/h10-25H,1-9H3/q+1. The van der Waals surface area contributed by atoms with E-state index >= 15 is 0 Å². The van der Waals surface area contributed by atoms with E-state index < -0.39 is 0 Å². The summed E-state index contributed by atoms with van der Waals surface area (Å²) in [4.78, 5) is 0. The minimum Gasteiger partial charge on any atom is -0.225 e. The molecule has 200 valence electrons. The number of aromatic nitrogens is 2. The Balaban J connectivity index is 1.97. The Morgan fingerprint density at radius 3 is 1.92 bits per heavy atom. The highest BCUT2D eigenvalue weighted by Gasteiger charge is 2.32. The minimum atomic E-state index is 0.0667. The molecule has 0 bridgehead atoms. The SMILES string of the molecule is Cc1ccc(C(C)(C)C)cc1-c1n(-c2c(C(C)C)cccc2C(C)C)c2cc(-c3ccccc3)ccc2[n+]1C. The van der Waals surface area contributed by atoms with Crippen LogP contribution in [0, 0.1) is 6.92 Å². The van der Waals surface area contributed by atoms with E-state index in [4.69, 9.17) is 0 Å². The normalized spacial score (nSPS) is 12.2. The zero-order chi connectivity index (χ0) is 28.1. The number of para-hydroxylation sites is 1. The Morgan fingerprint density at radius 1 is 0.692 bits per heavy atom. The van der Waals surface area contributed by atoms with Crippen LogP contribution in [0.4, 0.5) is 0 Å². The monoisotopic (exact) mass is 515 g/mol. The zero-order valence-corrected chi connectivity index (χ0v) is 25.1. The number of hydrogen-bond donors (Lipinski definition) is 0. The van der Waals surface area contributed by atoms with Crippen molar-refractivity contribution in [3.63, 3.8) is 0 Å². The number of nitrogens with zero attached hydrogens (tertiary/aromatic N) is 2. The molecule has 2 heteroatoms. The van der Waals surface area contributed by atoms with Crippen LogP contribution >= 0.6 is 0 Å². The Labute approximate surface area is 235 Å². The van der Waals surface area contributed by atoms with E-state index in [2.05, 4.69) is 157 Å². The molecule has 0 atom stereocenters. The summed E-state index contributed by atoms with van der Waals surface area (Å²) >= 11 is 0. The highest BCUT2D eigenvalue weighted by atomic mass is 15.2. The third kappa shape index (κ3) is 4.82. The highest BCUT2D eigenvalue weighted by Crippen LogP contribution is 2.39. The van der Waals surface area contributed by atoms with Gasteiger partial charge in [-0.1, -0.05) is 109 Å². The van der Waals surface area contributed by atoms with Gasteiger partial charge in [0.1, 0.15) is 5.69 Å². The van der Waals surface area contributed by atoms with Crippen molar-refractivity contribution < 1.29 is 4.57 Å². The number of rotatable bonds is 5. The summed E-state index contributed by atoms with van der Waals surface area (Å²) in [5.41, 5.74) is 13.0. The number of benzene rings is 4. The molecule has 0 radical (unpaired) electrons. The summed E-state index contributed by atoms with van der Waals surface area (Å²) in [5.74, 6) is 2.02. The van der Waals surface area contributed by atoms with Crippen molar-refractivity contribution in [2.24, 2.45) is 7.05 Å². The molecule has 0 aliphatic heterocycles. The number of hydrogen-bond acceptors (Lipinski definition) is 0. The second-order valence-corrected chi connectivity index (χ2v) is 12.7. The van der Waals surface area contributed by atoms with Crippen LogP contribution in [0.25, 0.3) is 39.2 Å². The molecule has 0 saturated heterocycles. The summed E-state index contributed by atoms with van der Waals surface area (Å²) in [7, 11) is 2.23. The van der Waals surface area contributed by atoms with Crippen molar-refractivity contribution in [2.75, 3.05) is 0 Å². The van der Waals surface area contributed by atoms with E-state index in [0.717, 1.165) is 0 Å². The summed E-state index contributed by atoms with van der Waals surface area (Å²) in [5, 5.41) is 0. The van der Waals surface area contributed by atoms with Gasteiger partial charge in [-0.3, -0.25) is 0 Å². The van der Waals surface area contributed by atoms with Crippen LogP contribution in [0.3, 0.4) is 0 Å². The third-order valence-electron chi connectivity index (χ3n) is 8.12. The van der Waals surface area contributed by atoms with Crippen LogP contribution < -0.4 is 4.57 Å². The first-order valence-corrected chi connectivity index (χ1v) is 14.3. The van der Waals surface area contributed by atoms with Gasteiger partial charge in [0.2, 0.25) is 0 Å². The van der Waals surface area contributed by atoms with Crippen molar-refractivity contribution >= 4 is 11.0 Å². The number of imidazole rings is 1. The van der Waals surface area contributed by atoms with Crippen molar-refractivity contribution in [2.45, 2.75) is 72.6 Å². The van der Waals surface area contributed by atoms with Gasteiger partial charge in [-0.2, -0.15) is 4.57 Å². The Kier molecular flexibility index (Phi) is 7.01. The lowest BCUT2D eigenvalue weighted by Gasteiger charge is -2.21. The molecule has 0 aliphatic rings. The second kappa shape index (κ2) is 10.2. The molecule has 0 saturated carbocycles. The van der Waals surface area contributed by atoms with Gasteiger partial charge >= 0.3 is 0 Å². The Morgan fingerprint density at radius 2 is 1.33 bits per heavy atom. The van der Waals surface area contributed by atoms with E-state index in [1.54, 1.807) is 0 Å². The van der Waals surface area contributed by atoms with Gasteiger partial charge in [-0.15, -0.1) is 0 Å². The molecule has 0 aliphatic carbocycles. The van der Waals surface area contributed by atoms with Crippen LogP contribution in [-0.2, 0) is 12.5 Å². The van der Waals surface area contributed by atoms with Gasteiger partial charge in [0.05, 0.1) is 12.6 Å². The first-order valence-electron chi connectivity index (χ1n) is 14.3. The summed E-state index contributed by atoms with van der Waals surface area (Å²) in [6, 6.07) is 31.6. The average Bonchev–Trinajstić information content (AvgIpc) is 3.19. The van der Waals surface area contributed by atoms with E-state index in [9.17, 15) is 0 Å². The quantitative estimate of drug-likeness (QED) is 0.206. The maximum atomic E-state index is 2.57. The molecule has 4 aromatic carbocycles. The molecule has 39 heavy (non-hydrogen) atoms. The van der Waals surface area contributed by atoms with Crippen LogP contribution in [-0.4, -0.2) is 4.57 Å². The highest BCUT2D eigenvalue weighted by molar-refractivity contribution is 5.85. The molecule has 0 amide bonds. The van der Waals surface area contributed by atoms with E-state index in [-0.39, 0.29) is 5.41 Å². The van der Waals surface area contributed by atoms with Crippen LogP contribution in [0.5, 0.6) is 0 Å². The molecule has 0 fully saturated rings.